The number of esters is 1. The zero-order valence-electron chi connectivity index (χ0n) is 49.3. The number of pyridine rings is 2. The normalized spacial score (nSPS) is 18.9. The van der Waals surface area contributed by atoms with E-state index in [-0.39, 0.29) is 106 Å². The third kappa shape index (κ3) is 13.2. The van der Waals surface area contributed by atoms with Crippen molar-refractivity contribution in [2.45, 2.75) is 136 Å². The summed E-state index contributed by atoms with van der Waals surface area (Å²) >= 11 is 0. The molecule has 7 amide bonds. The lowest BCUT2D eigenvalue weighted by Gasteiger charge is -2.31. The predicted molar refractivity (Wildman–Crippen MR) is 310 cm³/mol. The van der Waals surface area contributed by atoms with E-state index in [1.54, 1.807) is 73.9 Å². The molecule has 5 aromatic rings. The van der Waals surface area contributed by atoms with E-state index in [1.165, 1.54) is 29.6 Å². The topological polar surface area (TPSA) is 323 Å². The zero-order chi connectivity index (χ0) is 61.0. The summed E-state index contributed by atoms with van der Waals surface area (Å²) in [5.41, 5.74) is 9.99. The van der Waals surface area contributed by atoms with Gasteiger partial charge in [-0.1, -0.05) is 45.0 Å². The van der Waals surface area contributed by atoms with Crippen LogP contribution >= 0.6 is 0 Å². The van der Waals surface area contributed by atoms with Crippen LogP contribution < -0.4 is 37.3 Å². The Morgan fingerprint density at radius 2 is 1.61 bits per heavy atom. The number of fused-ring (bicyclic) bond motifs is 7. The van der Waals surface area contributed by atoms with Gasteiger partial charge in [0.2, 0.25) is 11.8 Å². The van der Waals surface area contributed by atoms with Gasteiger partial charge in [0.05, 0.1) is 47.0 Å². The Kier molecular flexibility index (Phi) is 18.4. The number of cyclic esters (lactones) is 1. The van der Waals surface area contributed by atoms with E-state index in [0.717, 1.165) is 47.9 Å². The van der Waals surface area contributed by atoms with Crippen molar-refractivity contribution in [3.8, 4) is 17.1 Å². The summed E-state index contributed by atoms with van der Waals surface area (Å²) in [5.74, 6) is -0.986. The average molecular weight is 1170 g/mol. The van der Waals surface area contributed by atoms with Crippen LogP contribution in [0.25, 0.3) is 22.3 Å². The third-order valence-corrected chi connectivity index (χ3v) is 16.8. The zero-order valence-corrected chi connectivity index (χ0v) is 49.3. The molecule has 1 fully saturated rings. The highest BCUT2D eigenvalue weighted by Gasteiger charge is 2.51. The smallest absolute Gasteiger partial charge is 0.415 e. The van der Waals surface area contributed by atoms with Crippen LogP contribution in [0.15, 0.2) is 53.3 Å². The monoisotopic (exact) mass is 1170 g/mol. The second-order valence-corrected chi connectivity index (χ2v) is 23.1. The molecule has 3 aromatic heterocycles. The summed E-state index contributed by atoms with van der Waals surface area (Å²) < 4.78 is 25.8. The Bertz CT molecular complexity index is 3450. The first kappa shape index (κ1) is 61.0. The first-order valence-electron chi connectivity index (χ1n) is 29.1. The minimum absolute atomic E-state index is 0.0282. The second kappa shape index (κ2) is 25.7. The van der Waals surface area contributed by atoms with E-state index >= 15 is 0 Å². The Morgan fingerprint density at radius 1 is 0.894 bits per heavy atom. The van der Waals surface area contributed by atoms with Gasteiger partial charge in [0, 0.05) is 62.0 Å². The number of benzene rings is 2. The van der Waals surface area contributed by atoms with E-state index < -0.39 is 59.8 Å². The molecule has 0 saturated heterocycles. The maximum absolute atomic E-state index is 13.8. The van der Waals surface area contributed by atoms with Crippen molar-refractivity contribution in [2.24, 2.45) is 29.4 Å². The molecule has 5 heterocycles. The van der Waals surface area contributed by atoms with Crippen LogP contribution in [0, 0.1) is 23.7 Å². The molecule has 9 rings (SSSR count). The molecule has 0 radical (unpaired) electrons. The fourth-order valence-corrected chi connectivity index (χ4v) is 11.8. The Balaban J connectivity index is 0.733. The van der Waals surface area contributed by atoms with Gasteiger partial charge in [-0.05, 0) is 136 Å². The molecule has 0 bridgehead atoms. The first-order valence-corrected chi connectivity index (χ1v) is 29.1. The summed E-state index contributed by atoms with van der Waals surface area (Å²) in [6.07, 6.45) is 2.53. The van der Waals surface area contributed by atoms with E-state index in [9.17, 15) is 43.5 Å². The van der Waals surface area contributed by atoms with Gasteiger partial charge in [-0.15, -0.1) is 5.10 Å². The first-order chi connectivity index (χ1) is 40.6. The number of nitrogens with zero attached hydrogens (tertiary/aromatic N) is 7. The van der Waals surface area contributed by atoms with Crippen molar-refractivity contribution in [1.82, 2.24) is 50.3 Å². The van der Waals surface area contributed by atoms with Crippen LogP contribution in [0.3, 0.4) is 0 Å². The molecule has 0 unspecified atom stereocenters. The lowest BCUT2D eigenvalue weighted by atomic mass is 9.86. The molecular formula is C60H76N12O13. The highest BCUT2D eigenvalue weighted by molar-refractivity contribution is 5.98. The van der Waals surface area contributed by atoms with Crippen molar-refractivity contribution in [2.75, 3.05) is 45.7 Å². The number of ether oxygens (including phenoxy) is 4. The molecule has 7 N–H and O–H groups in total. The molecule has 6 atom stereocenters. The number of carbonyl (C=O) groups excluding carboxylic acids is 7. The van der Waals surface area contributed by atoms with Gasteiger partial charge in [-0.3, -0.25) is 14.4 Å². The number of primary amides is 1. The maximum atomic E-state index is 13.8. The number of hydrogen-bond donors (Lipinski definition) is 6. The molecular weight excluding hydrogens is 1100 g/mol. The molecule has 85 heavy (non-hydrogen) atoms. The summed E-state index contributed by atoms with van der Waals surface area (Å²) in [6, 6.07) is 10.7. The van der Waals surface area contributed by atoms with Crippen LogP contribution in [0.5, 0.6) is 5.75 Å². The Morgan fingerprint density at radius 3 is 2.29 bits per heavy atom. The third-order valence-electron chi connectivity index (χ3n) is 16.8. The number of carbonyl (C=O) groups is 7. The fraction of sp³-hybridized carbons (Fsp3) is 0.517. The van der Waals surface area contributed by atoms with Gasteiger partial charge in [-0.25, -0.2) is 33.6 Å². The minimum Gasteiger partial charge on any atom is -0.458 e. The standard InChI is InChI=1S/C60H76N12O13/c1-9-37-40-26-36(17-20-45(40)64-51-41(37)28-71-49(51)27-44-43(54(71)75)31-82-55(76)60(44,81)10-2)85-59(80)70(8)25-24-69(7)58(79)84-29-34-13-15-35(16-14-34)63-52(73)47(12-11-23-62-56(61)77)65-53(74)50(32(3)4)66-57(78)83-30-42-38-18-21-46-48(22-19-39(38)42)72(33(5)6)68-67-46/h13-17,20,26-27,32-33,38-39,42,47,50,81H,9-12,18-19,21-25,28-31H2,1-8H3,(H,63,73)(H,65,74)(H,66,78)(H3,61,62,77)/t38-,39+,42-,47+,50+,60+/m1/s1. The van der Waals surface area contributed by atoms with E-state index in [0.29, 0.717) is 46.4 Å². The maximum Gasteiger partial charge on any atom is 0.415 e. The van der Waals surface area contributed by atoms with Gasteiger partial charge in [0.15, 0.2) is 5.60 Å². The number of nitrogens with one attached hydrogen (secondary N) is 4. The lowest BCUT2D eigenvalue weighted by Crippen LogP contribution is -2.54. The molecule has 2 aliphatic heterocycles. The number of rotatable bonds is 21. The number of urea groups is 1. The number of aryl methyl sites for hydroxylation is 2. The fourth-order valence-electron chi connectivity index (χ4n) is 11.8. The van der Waals surface area contributed by atoms with Crippen LogP contribution in [-0.4, -0.2) is 134 Å². The number of nitrogens with two attached hydrogens (primary N) is 1. The molecule has 2 aliphatic carbocycles. The molecule has 2 aromatic carbocycles. The van der Waals surface area contributed by atoms with Gasteiger partial charge in [-0.2, -0.15) is 0 Å². The van der Waals surface area contributed by atoms with Crippen LogP contribution in [0.4, 0.5) is 24.9 Å². The van der Waals surface area contributed by atoms with Crippen molar-refractivity contribution >= 4 is 58.7 Å². The Hall–Kier alpha value is -8.61. The van der Waals surface area contributed by atoms with Crippen LogP contribution in [0.2, 0.25) is 0 Å². The van der Waals surface area contributed by atoms with Crippen molar-refractivity contribution < 1.29 is 57.6 Å². The van der Waals surface area contributed by atoms with Gasteiger partial charge in [0.25, 0.3) is 5.56 Å². The number of amides is 7. The lowest BCUT2D eigenvalue weighted by molar-refractivity contribution is -0.172. The number of anilines is 1. The molecule has 1 saturated carbocycles. The molecule has 25 heteroatoms. The summed E-state index contributed by atoms with van der Waals surface area (Å²) in [6.45, 7) is 11.8. The largest absolute Gasteiger partial charge is 0.458 e. The highest BCUT2D eigenvalue weighted by atomic mass is 16.6. The quantitative estimate of drug-likeness (QED) is 0.0291. The molecule has 454 valence electrons. The molecule has 25 nitrogen and oxygen atoms in total. The molecule has 0 spiro atoms. The Labute approximate surface area is 491 Å². The average Bonchev–Trinajstić information content (AvgIpc) is 1.80. The van der Waals surface area contributed by atoms with Gasteiger partial charge < -0.3 is 65.4 Å². The SMILES string of the molecule is CCc1c2c(nc3ccc(OC(=O)N(C)CCN(C)C(=O)OCc4ccc(NC(=O)[C@H](CCCNC(N)=O)NC(=O)[C@@H](NC(=O)OC[C@@H]5[C@@H]6CCc7nnn(C(C)C)c7CC[C@@H]65)C(C)C)cc4)cc13)-c1cc3c(c(=O)n1C2)COC(=O)[C@]3(O)CC. The number of aliphatic hydroxyl groups is 1. The number of alkyl carbamates (subject to hydrolysis) is 1. The second-order valence-electron chi connectivity index (χ2n) is 23.1. The van der Waals surface area contributed by atoms with E-state index in [2.05, 4.69) is 45.4 Å². The van der Waals surface area contributed by atoms with E-state index in [4.69, 9.17) is 29.7 Å². The highest BCUT2D eigenvalue weighted by Crippen LogP contribution is 2.53. The van der Waals surface area contributed by atoms with E-state index in [1.807, 2.05) is 11.6 Å². The van der Waals surface area contributed by atoms with Crippen LogP contribution in [0.1, 0.15) is 119 Å². The minimum atomic E-state index is -1.95. The van der Waals surface area contributed by atoms with Crippen LogP contribution in [-0.2, 0) is 73.2 Å². The summed E-state index contributed by atoms with van der Waals surface area (Å²) in [4.78, 5) is 113. The van der Waals surface area contributed by atoms with Gasteiger partial charge in [0.1, 0.15) is 31.0 Å². The summed E-state index contributed by atoms with van der Waals surface area (Å²) in [5, 5.41) is 31.6. The predicted octanol–water partition coefficient (Wildman–Crippen LogP) is 5.58. The summed E-state index contributed by atoms with van der Waals surface area (Å²) in [7, 11) is 3.07. The van der Waals surface area contributed by atoms with Crippen molar-refractivity contribution in [1.29, 1.82) is 0 Å². The number of hydrogen-bond acceptors (Lipinski definition) is 16. The number of aromatic nitrogens is 5. The van der Waals surface area contributed by atoms with Gasteiger partial charge >= 0.3 is 30.3 Å². The molecule has 4 aliphatic rings. The van der Waals surface area contributed by atoms with Crippen molar-refractivity contribution in [3.05, 3.63) is 98.1 Å². The number of likely N-dealkylation sites (N-methyl/N-ethyl adjacent to an activating group) is 2. The van der Waals surface area contributed by atoms with Crippen molar-refractivity contribution in [3.63, 3.8) is 0 Å².